The Kier molecular flexibility index (Phi) is 6.12. The van der Waals surface area contributed by atoms with Gasteiger partial charge in [-0.05, 0) is 55.7 Å². The molecule has 1 aromatic carbocycles. The van der Waals surface area contributed by atoms with Gasteiger partial charge in [0, 0.05) is 30.3 Å². The maximum absolute atomic E-state index is 12.9. The molecule has 0 atom stereocenters. The number of carbonyl (C=O) groups is 2. The lowest BCUT2D eigenvalue weighted by atomic mass is 9.95. The third kappa shape index (κ3) is 4.24. The van der Waals surface area contributed by atoms with Crippen LogP contribution in [-0.2, 0) is 4.79 Å². The number of Topliss-reactive ketones (excluding diaryl/α,β-unsaturated/α-hetero) is 1. The van der Waals surface area contributed by atoms with E-state index < -0.39 is 0 Å². The van der Waals surface area contributed by atoms with Crippen molar-refractivity contribution in [3.63, 3.8) is 0 Å². The largest absolute Gasteiger partial charge is 0.461 e. The second-order valence-electron chi connectivity index (χ2n) is 8.35. The highest BCUT2D eigenvalue weighted by atomic mass is 32.2. The van der Waals surface area contributed by atoms with E-state index in [0.29, 0.717) is 23.8 Å². The van der Waals surface area contributed by atoms with Crippen LogP contribution in [0.2, 0.25) is 0 Å². The molecule has 1 aliphatic carbocycles. The molecule has 0 unspecified atom stereocenters. The van der Waals surface area contributed by atoms with Gasteiger partial charge in [-0.15, -0.1) is 10.2 Å². The highest BCUT2D eigenvalue weighted by molar-refractivity contribution is 7.99. The number of furan rings is 1. The van der Waals surface area contributed by atoms with Gasteiger partial charge in [0.2, 0.25) is 11.7 Å². The van der Waals surface area contributed by atoms with Crippen molar-refractivity contribution in [3.8, 4) is 11.6 Å². The van der Waals surface area contributed by atoms with E-state index in [1.165, 1.54) is 31.0 Å². The van der Waals surface area contributed by atoms with Crippen molar-refractivity contribution in [1.82, 2.24) is 14.8 Å². The summed E-state index contributed by atoms with van der Waals surface area (Å²) in [5.74, 6) is 1.90. The average Bonchev–Trinajstić information content (AvgIpc) is 3.59. The van der Waals surface area contributed by atoms with E-state index in [4.69, 9.17) is 4.42 Å². The Morgan fingerprint density at radius 1 is 1.06 bits per heavy atom. The Morgan fingerprint density at radius 2 is 1.88 bits per heavy atom. The third-order valence-electron chi connectivity index (χ3n) is 6.25. The highest BCUT2D eigenvalue weighted by Gasteiger charge is 2.26. The van der Waals surface area contributed by atoms with Gasteiger partial charge >= 0.3 is 0 Å². The van der Waals surface area contributed by atoms with Crippen LogP contribution in [0.4, 0.5) is 5.69 Å². The van der Waals surface area contributed by atoms with Gasteiger partial charge in [-0.3, -0.25) is 14.2 Å². The fourth-order valence-electron chi connectivity index (χ4n) is 4.58. The summed E-state index contributed by atoms with van der Waals surface area (Å²) in [7, 11) is 0. The van der Waals surface area contributed by atoms with E-state index in [2.05, 4.69) is 14.8 Å². The van der Waals surface area contributed by atoms with E-state index in [1.54, 1.807) is 11.2 Å². The Hall–Kier alpha value is -2.87. The molecule has 0 radical (unpaired) electrons. The smallest absolute Gasteiger partial charge is 0.227 e. The molecule has 2 aromatic heterocycles. The second kappa shape index (κ2) is 9.32. The van der Waals surface area contributed by atoms with E-state index in [9.17, 15) is 9.59 Å². The topological polar surface area (TPSA) is 81.2 Å². The minimum atomic E-state index is 0.0343. The molecule has 1 amide bonds. The third-order valence-corrected chi connectivity index (χ3v) is 7.20. The van der Waals surface area contributed by atoms with Crippen LogP contribution >= 0.6 is 11.8 Å². The molecule has 7 nitrogen and oxygen atoms in total. The summed E-state index contributed by atoms with van der Waals surface area (Å²) in [5, 5.41) is 9.56. The van der Waals surface area contributed by atoms with Gasteiger partial charge in [0.25, 0.3) is 0 Å². The molecular formula is C24H26N4O3S. The molecule has 0 spiro atoms. The van der Waals surface area contributed by atoms with Crippen LogP contribution in [0.1, 0.15) is 61.3 Å². The minimum absolute atomic E-state index is 0.0343. The maximum atomic E-state index is 12.9. The van der Waals surface area contributed by atoms with Crippen molar-refractivity contribution in [1.29, 1.82) is 0 Å². The maximum Gasteiger partial charge on any atom is 0.227 e. The van der Waals surface area contributed by atoms with Gasteiger partial charge in [-0.25, -0.2) is 0 Å². The zero-order chi connectivity index (χ0) is 21.9. The molecule has 0 bridgehead atoms. The molecule has 2 fully saturated rings. The standard InChI is InChI=1S/C24H26N4O3S/c29-20(17-10-12-18(13-11-17)27-14-4-9-22(27)30)16-32-24-26-25-23(21-8-5-15-31-21)28(24)19-6-2-1-3-7-19/h5,8,10-13,15,19H,1-4,6-7,9,14,16H2. The number of amides is 1. The first kappa shape index (κ1) is 21.0. The number of nitrogens with zero attached hydrogens (tertiary/aromatic N) is 4. The molecule has 1 saturated carbocycles. The van der Waals surface area contributed by atoms with Crippen molar-refractivity contribution in [3.05, 3.63) is 48.2 Å². The molecule has 0 N–H and O–H groups in total. The van der Waals surface area contributed by atoms with Crippen molar-refractivity contribution in [2.45, 2.75) is 56.1 Å². The molecule has 32 heavy (non-hydrogen) atoms. The van der Waals surface area contributed by atoms with Gasteiger partial charge < -0.3 is 9.32 Å². The molecular weight excluding hydrogens is 424 g/mol. The van der Waals surface area contributed by atoms with Crippen LogP contribution in [0.25, 0.3) is 11.6 Å². The van der Waals surface area contributed by atoms with Crippen LogP contribution in [0.3, 0.4) is 0 Å². The van der Waals surface area contributed by atoms with E-state index in [1.807, 2.05) is 36.4 Å². The van der Waals surface area contributed by atoms with Gasteiger partial charge in [-0.2, -0.15) is 0 Å². The van der Waals surface area contributed by atoms with Gasteiger partial charge in [0.15, 0.2) is 16.7 Å². The number of rotatable bonds is 7. The zero-order valence-corrected chi connectivity index (χ0v) is 18.7. The van der Waals surface area contributed by atoms with Crippen LogP contribution in [0, 0.1) is 0 Å². The number of ketones is 1. The normalized spacial score (nSPS) is 17.2. The predicted octanol–water partition coefficient (Wildman–Crippen LogP) is 5.15. The van der Waals surface area contributed by atoms with Crippen LogP contribution in [0.5, 0.6) is 0 Å². The first-order chi connectivity index (χ1) is 15.7. The lowest BCUT2D eigenvalue weighted by Gasteiger charge is -2.25. The Bertz CT molecular complexity index is 1090. The predicted molar refractivity (Wildman–Crippen MR) is 123 cm³/mol. The van der Waals surface area contributed by atoms with Crippen molar-refractivity contribution >= 4 is 29.1 Å². The fraction of sp³-hybridized carbons (Fsp3) is 0.417. The van der Waals surface area contributed by atoms with Gasteiger partial charge in [0.05, 0.1) is 12.0 Å². The molecule has 1 aliphatic heterocycles. The van der Waals surface area contributed by atoms with E-state index >= 15 is 0 Å². The number of thioether (sulfide) groups is 1. The monoisotopic (exact) mass is 450 g/mol. The molecule has 8 heteroatoms. The Labute approximate surface area is 191 Å². The number of carbonyl (C=O) groups excluding carboxylic acids is 2. The lowest BCUT2D eigenvalue weighted by Crippen LogP contribution is -2.23. The summed E-state index contributed by atoms with van der Waals surface area (Å²) in [6, 6.07) is 11.4. The zero-order valence-electron chi connectivity index (χ0n) is 17.9. The number of hydrogen-bond acceptors (Lipinski definition) is 6. The molecule has 2 aliphatic rings. The first-order valence-electron chi connectivity index (χ1n) is 11.3. The molecule has 5 rings (SSSR count). The Morgan fingerprint density at radius 3 is 2.56 bits per heavy atom. The lowest BCUT2D eigenvalue weighted by molar-refractivity contribution is -0.117. The minimum Gasteiger partial charge on any atom is -0.461 e. The SMILES string of the molecule is O=C(CSc1nnc(-c2ccco2)n1C1CCCCC1)c1ccc(N2CCCC2=O)cc1. The van der Waals surface area contributed by atoms with Crippen molar-refractivity contribution in [2.75, 3.05) is 17.2 Å². The molecule has 166 valence electrons. The van der Waals surface area contributed by atoms with E-state index in [-0.39, 0.29) is 17.4 Å². The second-order valence-corrected chi connectivity index (χ2v) is 9.30. The number of anilines is 1. The summed E-state index contributed by atoms with van der Waals surface area (Å²) in [4.78, 5) is 26.6. The summed E-state index contributed by atoms with van der Waals surface area (Å²) in [6.45, 7) is 0.747. The van der Waals surface area contributed by atoms with Crippen LogP contribution in [-0.4, -0.2) is 38.8 Å². The fourth-order valence-corrected chi connectivity index (χ4v) is 5.48. The summed E-state index contributed by atoms with van der Waals surface area (Å²) < 4.78 is 7.76. The summed E-state index contributed by atoms with van der Waals surface area (Å²) in [5.41, 5.74) is 1.50. The number of benzene rings is 1. The van der Waals surface area contributed by atoms with E-state index in [0.717, 1.165) is 42.5 Å². The van der Waals surface area contributed by atoms with Gasteiger partial charge in [-0.1, -0.05) is 31.0 Å². The summed E-state index contributed by atoms with van der Waals surface area (Å²) >= 11 is 1.43. The summed E-state index contributed by atoms with van der Waals surface area (Å²) in [6.07, 6.45) is 8.94. The molecule has 1 saturated heterocycles. The molecule has 3 heterocycles. The van der Waals surface area contributed by atoms with Crippen LogP contribution in [0.15, 0.2) is 52.2 Å². The quantitative estimate of drug-likeness (QED) is 0.366. The highest BCUT2D eigenvalue weighted by Crippen LogP contribution is 2.36. The Balaban J connectivity index is 1.31. The van der Waals surface area contributed by atoms with Crippen molar-refractivity contribution < 1.29 is 14.0 Å². The average molecular weight is 451 g/mol. The first-order valence-corrected chi connectivity index (χ1v) is 12.2. The molecule has 3 aromatic rings. The number of aromatic nitrogens is 3. The van der Waals surface area contributed by atoms with Gasteiger partial charge in [0.1, 0.15) is 0 Å². The van der Waals surface area contributed by atoms with Crippen molar-refractivity contribution in [2.24, 2.45) is 0 Å². The van der Waals surface area contributed by atoms with Crippen LogP contribution < -0.4 is 4.90 Å². The number of hydrogen-bond donors (Lipinski definition) is 0.